The number of alkyl halides is 3. The second-order valence-electron chi connectivity index (χ2n) is 6.25. The number of halogens is 4. The first-order valence-electron chi connectivity index (χ1n) is 8.23. The molecule has 0 bridgehead atoms. The molecule has 1 unspecified atom stereocenters. The molecule has 3 rings (SSSR count). The lowest BCUT2D eigenvalue weighted by Crippen LogP contribution is -2.30. The van der Waals surface area contributed by atoms with Crippen molar-refractivity contribution in [2.75, 3.05) is 6.54 Å². The van der Waals surface area contributed by atoms with Gasteiger partial charge in [-0.25, -0.2) is 4.39 Å². The largest absolute Gasteiger partial charge is 0.398 e. The Kier molecular flexibility index (Phi) is 5.12. The van der Waals surface area contributed by atoms with Gasteiger partial charge in [-0.3, -0.25) is 4.79 Å². The van der Waals surface area contributed by atoms with Crippen LogP contribution in [-0.4, -0.2) is 24.8 Å². The van der Waals surface area contributed by atoms with Gasteiger partial charge in [0.15, 0.2) is 0 Å². The first-order valence-corrected chi connectivity index (χ1v) is 8.23. The topological polar surface area (TPSA) is 53.0 Å². The average Bonchev–Trinajstić information content (AvgIpc) is 2.65. The van der Waals surface area contributed by atoms with E-state index in [0.29, 0.717) is 22.1 Å². The molecular weight excluding hydrogens is 360 g/mol. The van der Waals surface area contributed by atoms with E-state index in [9.17, 15) is 22.4 Å². The van der Waals surface area contributed by atoms with Gasteiger partial charge in [0.05, 0.1) is 0 Å². The minimum atomic E-state index is -4.66. The number of hydrogen-bond donors (Lipinski definition) is 2. The Hall–Kier alpha value is -2.96. The van der Waals surface area contributed by atoms with Crippen molar-refractivity contribution in [2.24, 2.45) is 5.92 Å². The van der Waals surface area contributed by atoms with Crippen LogP contribution >= 0.6 is 0 Å². The van der Waals surface area contributed by atoms with Crippen LogP contribution in [0.15, 0.2) is 60.0 Å². The molecule has 0 aromatic heterocycles. The van der Waals surface area contributed by atoms with Gasteiger partial charge in [0.2, 0.25) is 0 Å². The van der Waals surface area contributed by atoms with Gasteiger partial charge in [0.25, 0.3) is 5.91 Å². The summed E-state index contributed by atoms with van der Waals surface area (Å²) in [5.74, 6) is -3.82. The summed E-state index contributed by atoms with van der Waals surface area (Å²) in [7, 11) is 0. The average molecular weight is 376 g/mol. The standard InChI is InChI=1S/C20H16F4N2O/c21-18-8-5-12(9-17(18)20(22,23)24)11-26-19(27)16-7-6-13(10-25)14-3-1-2-4-15(14)16/h1-8,10,17,25H,9,11H2,(H,26,27). The predicted octanol–water partition coefficient (Wildman–Crippen LogP) is 4.93. The summed E-state index contributed by atoms with van der Waals surface area (Å²) >= 11 is 0. The van der Waals surface area contributed by atoms with E-state index < -0.39 is 30.2 Å². The van der Waals surface area contributed by atoms with Gasteiger partial charge >= 0.3 is 6.18 Å². The van der Waals surface area contributed by atoms with E-state index in [1.54, 1.807) is 36.4 Å². The van der Waals surface area contributed by atoms with Gasteiger partial charge in [-0.1, -0.05) is 36.4 Å². The minimum absolute atomic E-state index is 0.101. The monoisotopic (exact) mass is 376 g/mol. The number of benzene rings is 2. The van der Waals surface area contributed by atoms with Crippen LogP contribution in [0, 0.1) is 11.3 Å². The van der Waals surface area contributed by atoms with Crippen molar-refractivity contribution in [1.82, 2.24) is 5.32 Å². The smallest absolute Gasteiger partial charge is 0.348 e. The fourth-order valence-corrected chi connectivity index (χ4v) is 3.08. The number of amides is 1. The molecule has 1 aliphatic carbocycles. The third-order valence-electron chi connectivity index (χ3n) is 4.51. The zero-order valence-corrected chi connectivity index (χ0v) is 14.1. The van der Waals surface area contributed by atoms with Crippen LogP contribution in [0.5, 0.6) is 0 Å². The third-order valence-corrected chi connectivity index (χ3v) is 4.51. The number of fused-ring (bicyclic) bond motifs is 1. The number of allylic oxidation sites excluding steroid dienone is 3. The van der Waals surface area contributed by atoms with Crippen LogP contribution in [0.2, 0.25) is 0 Å². The van der Waals surface area contributed by atoms with Crippen molar-refractivity contribution in [3.8, 4) is 0 Å². The summed E-state index contributed by atoms with van der Waals surface area (Å²) in [6, 6.07) is 10.3. The normalized spacial score (nSPS) is 17.3. The summed E-state index contributed by atoms with van der Waals surface area (Å²) in [6.07, 6.45) is -1.91. The van der Waals surface area contributed by atoms with Crippen LogP contribution in [0.1, 0.15) is 22.3 Å². The maximum atomic E-state index is 13.4. The van der Waals surface area contributed by atoms with E-state index >= 15 is 0 Å². The molecule has 1 amide bonds. The lowest BCUT2D eigenvalue weighted by atomic mass is 9.92. The SMILES string of the molecule is N=Cc1ccc(C(=O)NCC2=CC=C(F)C(C(F)(F)F)C2)c2ccccc12. The molecule has 0 spiro atoms. The fraction of sp³-hybridized carbons (Fsp3) is 0.200. The summed E-state index contributed by atoms with van der Waals surface area (Å²) < 4.78 is 52.0. The van der Waals surface area contributed by atoms with E-state index in [1.807, 2.05) is 0 Å². The fourth-order valence-electron chi connectivity index (χ4n) is 3.08. The first-order chi connectivity index (χ1) is 12.8. The molecule has 0 aliphatic heterocycles. The highest BCUT2D eigenvalue weighted by Gasteiger charge is 2.43. The van der Waals surface area contributed by atoms with Gasteiger partial charge in [-0.05, 0) is 40.5 Å². The highest BCUT2D eigenvalue weighted by molar-refractivity contribution is 6.11. The summed E-state index contributed by atoms with van der Waals surface area (Å²) in [4.78, 5) is 12.5. The Morgan fingerprint density at radius 2 is 1.85 bits per heavy atom. The van der Waals surface area contributed by atoms with Crippen molar-refractivity contribution in [3.63, 3.8) is 0 Å². The van der Waals surface area contributed by atoms with Gasteiger partial charge in [-0.15, -0.1) is 0 Å². The minimum Gasteiger partial charge on any atom is -0.348 e. The number of nitrogens with one attached hydrogen (secondary N) is 2. The second kappa shape index (κ2) is 7.34. The van der Waals surface area contributed by atoms with Crippen LogP contribution in [0.3, 0.4) is 0 Å². The molecule has 1 atom stereocenters. The molecule has 1 aliphatic rings. The molecule has 0 radical (unpaired) electrons. The second-order valence-corrected chi connectivity index (χ2v) is 6.25. The predicted molar refractivity (Wildman–Crippen MR) is 95.6 cm³/mol. The molecule has 2 aromatic rings. The number of rotatable bonds is 4. The van der Waals surface area contributed by atoms with Gasteiger partial charge < -0.3 is 10.7 Å². The summed E-state index contributed by atoms with van der Waals surface area (Å²) in [6.45, 7) is -0.101. The molecule has 2 N–H and O–H groups in total. The molecule has 0 saturated heterocycles. The molecule has 140 valence electrons. The summed E-state index contributed by atoms with van der Waals surface area (Å²) in [5, 5.41) is 11.4. The molecule has 27 heavy (non-hydrogen) atoms. The Balaban J connectivity index is 1.78. The lowest BCUT2D eigenvalue weighted by molar-refractivity contribution is -0.168. The quantitative estimate of drug-likeness (QED) is 0.577. The van der Waals surface area contributed by atoms with E-state index in [2.05, 4.69) is 5.32 Å². The van der Waals surface area contributed by atoms with Gasteiger partial charge in [0.1, 0.15) is 11.7 Å². The zero-order valence-electron chi connectivity index (χ0n) is 14.1. The van der Waals surface area contributed by atoms with Crippen LogP contribution in [-0.2, 0) is 0 Å². The van der Waals surface area contributed by atoms with Gasteiger partial charge in [-0.2, -0.15) is 13.2 Å². The Bertz CT molecular complexity index is 960. The lowest BCUT2D eigenvalue weighted by Gasteiger charge is -2.23. The van der Waals surface area contributed by atoms with Crippen molar-refractivity contribution in [3.05, 3.63) is 71.1 Å². The molecule has 2 aromatic carbocycles. The number of hydrogen-bond acceptors (Lipinski definition) is 2. The Labute approximate surface area is 152 Å². The molecule has 0 heterocycles. The van der Waals surface area contributed by atoms with Crippen molar-refractivity contribution in [1.29, 1.82) is 5.41 Å². The molecule has 0 fully saturated rings. The Morgan fingerprint density at radius 1 is 1.15 bits per heavy atom. The molecule has 3 nitrogen and oxygen atoms in total. The van der Waals surface area contributed by atoms with Crippen molar-refractivity contribution in [2.45, 2.75) is 12.6 Å². The van der Waals surface area contributed by atoms with E-state index in [1.165, 1.54) is 12.3 Å². The molecule has 7 heteroatoms. The third kappa shape index (κ3) is 3.92. The Morgan fingerprint density at radius 3 is 2.52 bits per heavy atom. The van der Waals surface area contributed by atoms with Crippen molar-refractivity contribution < 1.29 is 22.4 Å². The summed E-state index contributed by atoms with van der Waals surface area (Å²) in [5.41, 5.74) is 1.32. The number of carbonyl (C=O) groups is 1. The highest BCUT2D eigenvalue weighted by Crippen LogP contribution is 2.39. The highest BCUT2D eigenvalue weighted by atomic mass is 19.4. The molecular formula is C20H16F4N2O. The number of carbonyl (C=O) groups excluding carboxylic acids is 1. The van der Waals surface area contributed by atoms with Gasteiger partial charge in [0, 0.05) is 18.3 Å². The van der Waals surface area contributed by atoms with Crippen LogP contribution in [0.25, 0.3) is 10.8 Å². The van der Waals surface area contributed by atoms with Crippen LogP contribution < -0.4 is 5.32 Å². The van der Waals surface area contributed by atoms with E-state index in [-0.39, 0.29) is 6.54 Å². The maximum Gasteiger partial charge on any atom is 0.398 e. The van der Waals surface area contributed by atoms with Crippen LogP contribution in [0.4, 0.5) is 17.6 Å². The first kappa shape index (κ1) is 18.8. The maximum absolute atomic E-state index is 13.4. The molecule has 0 saturated carbocycles. The van der Waals surface area contributed by atoms with E-state index in [4.69, 9.17) is 5.41 Å². The van der Waals surface area contributed by atoms with Crippen molar-refractivity contribution >= 4 is 22.9 Å². The van der Waals surface area contributed by atoms with E-state index in [0.717, 1.165) is 11.5 Å². The zero-order chi connectivity index (χ0) is 19.6.